The van der Waals surface area contributed by atoms with Gasteiger partial charge in [-0.3, -0.25) is 4.79 Å². The van der Waals surface area contributed by atoms with Gasteiger partial charge in [-0.15, -0.1) is 0 Å². The van der Waals surface area contributed by atoms with E-state index in [1.165, 1.54) is 90.0 Å². The van der Waals surface area contributed by atoms with Crippen molar-refractivity contribution < 1.29 is 19.8 Å². The summed E-state index contributed by atoms with van der Waals surface area (Å²) in [6.45, 7) is 9.99. The van der Waals surface area contributed by atoms with Gasteiger partial charge < -0.3 is 20.4 Å². The van der Waals surface area contributed by atoms with Crippen LogP contribution in [0.1, 0.15) is 52.4 Å². The highest BCUT2D eigenvalue weighted by molar-refractivity contribution is 5.90. The molecule has 0 saturated carbocycles. The number of hydrogen-bond donors (Lipinski definition) is 3. The maximum atomic E-state index is 10.8. The predicted molar refractivity (Wildman–Crippen MR) is 103 cm³/mol. The Morgan fingerprint density at radius 1 is 1.15 bits per heavy atom. The molecule has 2 aliphatic rings. The molecule has 1 aliphatic carbocycles. The smallest absolute Gasteiger partial charge is 0.331 e. The summed E-state index contributed by atoms with van der Waals surface area (Å²) in [7, 11) is 0. The molecule has 1 saturated heterocycles. The monoisotopic (exact) mass is 366 g/mol. The number of carboxylic acids is 2. The number of allylic oxidation sites excluding steroid dienone is 2. The fourth-order valence-corrected chi connectivity index (χ4v) is 3.06. The average Bonchev–Trinajstić information content (AvgIpc) is 2.63. The van der Waals surface area contributed by atoms with Crippen molar-refractivity contribution in [1.82, 2.24) is 10.2 Å². The predicted octanol–water partition coefficient (Wildman–Crippen LogP) is 2.91. The molecule has 0 aromatic rings. The Balaban J connectivity index is 0.000000260. The Morgan fingerprint density at radius 2 is 1.81 bits per heavy atom. The Bertz CT molecular complexity index is 510. The highest BCUT2D eigenvalue weighted by Gasteiger charge is 2.34. The van der Waals surface area contributed by atoms with E-state index in [1.54, 1.807) is 0 Å². The summed E-state index contributed by atoms with van der Waals surface area (Å²) in [4.78, 5) is 23.9. The molecule has 3 N–H and O–H groups in total. The summed E-state index contributed by atoms with van der Waals surface area (Å²) in [6.07, 6.45) is 11.5. The largest absolute Gasteiger partial charge is 0.481 e. The number of rotatable bonds is 8. The summed E-state index contributed by atoms with van der Waals surface area (Å²) >= 11 is 0. The normalized spacial score (nSPS) is 22.9. The first-order chi connectivity index (χ1) is 12.4. The number of nitrogens with one attached hydrogen (secondary N) is 1. The summed E-state index contributed by atoms with van der Waals surface area (Å²) < 4.78 is 0. The molecule has 0 aromatic heterocycles. The Kier molecular flexibility index (Phi) is 10.2. The van der Waals surface area contributed by atoms with E-state index >= 15 is 0 Å². The second-order valence-corrected chi connectivity index (χ2v) is 7.26. The number of unbranched alkanes of at least 4 members (excludes halogenated alkanes) is 4. The van der Waals surface area contributed by atoms with Crippen molar-refractivity contribution in [2.24, 2.45) is 5.41 Å². The topological polar surface area (TPSA) is 89.9 Å². The maximum Gasteiger partial charge on any atom is 0.331 e. The van der Waals surface area contributed by atoms with Crippen LogP contribution in [0, 0.1) is 5.41 Å². The molecular weight excluding hydrogens is 332 g/mol. The van der Waals surface area contributed by atoms with Crippen molar-refractivity contribution in [3.05, 3.63) is 23.8 Å². The summed E-state index contributed by atoms with van der Waals surface area (Å²) in [6, 6.07) is 0. The van der Waals surface area contributed by atoms with Crippen LogP contribution in [0.15, 0.2) is 23.8 Å². The van der Waals surface area contributed by atoms with E-state index in [0.29, 0.717) is 0 Å². The number of piperazine rings is 1. The molecule has 1 unspecified atom stereocenters. The van der Waals surface area contributed by atoms with Crippen LogP contribution in [0.5, 0.6) is 0 Å². The number of nitrogens with zero attached hydrogens (tertiary/aromatic N) is 1. The molecule has 2 rings (SSSR count). The zero-order valence-corrected chi connectivity index (χ0v) is 16.2. The summed E-state index contributed by atoms with van der Waals surface area (Å²) in [5, 5.41) is 20.9. The highest BCUT2D eigenvalue weighted by atomic mass is 16.4. The van der Waals surface area contributed by atoms with Gasteiger partial charge in [-0.25, -0.2) is 4.79 Å². The van der Waals surface area contributed by atoms with Crippen LogP contribution in [0.3, 0.4) is 0 Å². The quantitative estimate of drug-likeness (QED) is 0.572. The van der Waals surface area contributed by atoms with Gasteiger partial charge in [-0.2, -0.15) is 0 Å². The van der Waals surface area contributed by atoms with Crippen molar-refractivity contribution in [3.63, 3.8) is 0 Å². The van der Waals surface area contributed by atoms with E-state index < -0.39 is 17.4 Å². The second kappa shape index (κ2) is 11.9. The molecule has 26 heavy (non-hydrogen) atoms. The van der Waals surface area contributed by atoms with Crippen LogP contribution in [0.4, 0.5) is 0 Å². The molecule has 0 aromatic carbocycles. The van der Waals surface area contributed by atoms with Crippen LogP contribution in [0.25, 0.3) is 0 Å². The standard InChI is InChI=1S/C11H24N2.C9H10O4/c1-2-3-4-5-6-9-13-10-7-12-8-11-13;1-9(8(12)13)4-2-3-6(5-9)7(10)11/h12H,2-11H2,1H3;2-4H,5H2,1H3,(H,10,11)(H,12,13). The van der Waals surface area contributed by atoms with Gasteiger partial charge in [-0.05, 0) is 26.3 Å². The van der Waals surface area contributed by atoms with Gasteiger partial charge in [0.05, 0.1) is 5.41 Å². The van der Waals surface area contributed by atoms with Crippen molar-refractivity contribution in [1.29, 1.82) is 0 Å². The van der Waals surface area contributed by atoms with E-state index in [1.807, 2.05) is 0 Å². The van der Waals surface area contributed by atoms with Crippen molar-refractivity contribution in [2.75, 3.05) is 32.7 Å². The van der Waals surface area contributed by atoms with E-state index in [2.05, 4.69) is 17.1 Å². The molecule has 6 heteroatoms. The Hall–Kier alpha value is -1.66. The number of carboxylic acid groups (broad SMARTS) is 2. The van der Waals surface area contributed by atoms with Crippen molar-refractivity contribution >= 4 is 11.9 Å². The molecule has 1 heterocycles. The molecule has 6 nitrogen and oxygen atoms in total. The third-order valence-electron chi connectivity index (χ3n) is 4.87. The third kappa shape index (κ3) is 8.15. The van der Waals surface area contributed by atoms with E-state index in [9.17, 15) is 9.59 Å². The first-order valence-electron chi connectivity index (χ1n) is 9.67. The van der Waals surface area contributed by atoms with E-state index in [0.717, 1.165) is 0 Å². The third-order valence-corrected chi connectivity index (χ3v) is 4.87. The second-order valence-electron chi connectivity index (χ2n) is 7.26. The lowest BCUT2D eigenvalue weighted by Gasteiger charge is -2.26. The summed E-state index contributed by atoms with van der Waals surface area (Å²) in [5.74, 6) is -2.06. The van der Waals surface area contributed by atoms with Gasteiger partial charge in [0.15, 0.2) is 0 Å². The van der Waals surface area contributed by atoms with Crippen LogP contribution in [-0.4, -0.2) is 59.8 Å². The van der Waals surface area contributed by atoms with Gasteiger partial charge in [0.1, 0.15) is 0 Å². The SMILES string of the molecule is CC1(C(=O)O)C=CC=C(C(=O)O)C1.CCCCCCCN1CCNCC1. The lowest BCUT2D eigenvalue weighted by atomic mass is 9.80. The molecule has 0 bridgehead atoms. The molecule has 0 spiro atoms. The van der Waals surface area contributed by atoms with Crippen LogP contribution < -0.4 is 5.32 Å². The first kappa shape index (κ1) is 22.4. The average molecular weight is 367 g/mol. The Labute approximate surface area is 157 Å². The Morgan fingerprint density at radius 3 is 2.38 bits per heavy atom. The molecule has 1 fully saturated rings. The minimum Gasteiger partial charge on any atom is -0.481 e. The zero-order valence-electron chi connectivity index (χ0n) is 16.2. The minimum atomic E-state index is -1.08. The number of carbonyl (C=O) groups is 2. The van der Waals surface area contributed by atoms with Gasteiger partial charge in [0.25, 0.3) is 0 Å². The van der Waals surface area contributed by atoms with Gasteiger partial charge in [0, 0.05) is 31.8 Å². The van der Waals surface area contributed by atoms with Gasteiger partial charge in [0.2, 0.25) is 0 Å². The molecule has 1 atom stereocenters. The maximum absolute atomic E-state index is 10.8. The van der Waals surface area contributed by atoms with Crippen LogP contribution in [-0.2, 0) is 9.59 Å². The van der Waals surface area contributed by atoms with Crippen molar-refractivity contribution in [2.45, 2.75) is 52.4 Å². The highest BCUT2D eigenvalue weighted by Crippen LogP contribution is 2.31. The van der Waals surface area contributed by atoms with Gasteiger partial charge in [-0.1, -0.05) is 50.8 Å². The minimum absolute atomic E-state index is 0.0359. The van der Waals surface area contributed by atoms with Crippen LogP contribution >= 0.6 is 0 Å². The molecule has 0 amide bonds. The van der Waals surface area contributed by atoms with Gasteiger partial charge >= 0.3 is 11.9 Å². The number of hydrogen-bond acceptors (Lipinski definition) is 4. The van der Waals surface area contributed by atoms with E-state index in [4.69, 9.17) is 10.2 Å². The van der Waals surface area contributed by atoms with Crippen molar-refractivity contribution in [3.8, 4) is 0 Å². The molecular formula is C20H34N2O4. The molecule has 148 valence electrons. The van der Waals surface area contributed by atoms with Crippen LogP contribution in [0.2, 0.25) is 0 Å². The molecule has 0 radical (unpaired) electrons. The molecule has 1 aliphatic heterocycles. The summed E-state index contributed by atoms with van der Waals surface area (Å²) in [5.41, 5.74) is -0.949. The number of aliphatic carboxylic acids is 2. The fourth-order valence-electron chi connectivity index (χ4n) is 3.06. The zero-order chi connectivity index (χ0) is 19.4. The fraction of sp³-hybridized carbons (Fsp3) is 0.700. The lowest BCUT2D eigenvalue weighted by Crippen LogP contribution is -2.43. The van der Waals surface area contributed by atoms with E-state index in [-0.39, 0.29) is 12.0 Å². The lowest BCUT2D eigenvalue weighted by molar-refractivity contribution is -0.145. The first-order valence-corrected chi connectivity index (χ1v) is 9.67.